The number of alkyl halides is 3. The summed E-state index contributed by atoms with van der Waals surface area (Å²) in [5.74, 6) is 2.09. The van der Waals surface area contributed by atoms with E-state index in [2.05, 4.69) is 45.9 Å². The lowest BCUT2D eigenvalue weighted by Gasteiger charge is -2.71. The highest BCUT2D eigenvalue weighted by Crippen LogP contribution is 2.78. The van der Waals surface area contributed by atoms with E-state index < -0.39 is 39.7 Å². The molecule has 0 radical (unpaired) electrons. The maximum Gasteiger partial charge on any atom is 0.416 e. The quantitative estimate of drug-likeness (QED) is 0.146. The predicted molar refractivity (Wildman–Crippen MR) is 245 cm³/mol. The zero-order valence-corrected chi connectivity index (χ0v) is 39.7. The summed E-state index contributed by atoms with van der Waals surface area (Å²) in [6, 6.07) is 11.6. The van der Waals surface area contributed by atoms with Crippen LogP contribution in [0.15, 0.2) is 76.7 Å². The van der Waals surface area contributed by atoms with Crippen LogP contribution in [-0.4, -0.2) is 65.8 Å². The number of carbonyl (C=O) groups excluding carboxylic acids is 2. The number of fused-ring (bicyclic) bond motifs is 3. The topological polar surface area (TPSA) is 109 Å². The van der Waals surface area contributed by atoms with E-state index in [-0.39, 0.29) is 69.4 Å². The Balaban J connectivity index is 1.02. The highest BCUT2D eigenvalue weighted by Gasteiger charge is 2.75. The molecule has 8 nitrogen and oxygen atoms in total. The zero-order valence-electron chi connectivity index (χ0n) is 38.9. The summed E-state index contributed by atoms with van der Waals surface area (Å²) >= 11 is 6.45. The van der Waals surface area contributed by atoms with E-state index in [1.54, 1.807) is 14.2 Å². The van der Waals surface area contributed by atoms with Gasteiger partial charge >= 0.3 is 6.18 Å². The molecule has 11 atom stereocenters. The van der Waals surface area contributed by atoms with Crippen LogP contribution in [0, 0.1) is 56.7 Å². The number of aliphatic hydroxyl groups is 2. The lowest BCUT2D eigenvalue weighted by Crippen LogP contribution is -2.67. The molecule has 2 N–H and O–H groups in total. The summed E-state index contributed by atoms with van der Waals surface area (Å²) in [5, 5.41) is 24.8. The van der Waals surface area contributed by atoms with Crippen LogP contribution in [0.1, 0.15) is 114 Å². The molecule has 9 aliphatic rings. The van der Waals surface area contributed by atoms with Crippen molar-refractivity contribution in [1.29, 1.82) is 0 Å². The van der Waals surface area contributed by atoms with Gasteiger partial charge in [-0.25, -0.2) is 0 Å². The number of Topliss-reactive ketones (excluding diaryl/α,β-unsaturated/α-hetero) is 1. The van der Waals surface area contributed by atoms with E-state index in [0.717, 1.165) is 43.4 Å². The van der Waals surface area contributed by atoms with Gasteiger partial charge in [-0.15, -0.1) is 0 Å². The van der Waals surface area contributed by atoms with Gasteiger partial charge in [0.25, 0.3) is 0 Å². The number of rotatable bonds is 11. The van der Waals surface area contributed by atoms with Crippen LogP contribution >= 0.6 is 11.6 Å². The summed E-state index contributed by atoms with van der Waals surface area (Å²) in [4.78, 5) is 32.2. The monoisotopic (exact) mass is 929 g/mol. The third-order valence-electron chi connectivity index (χ3n) is 19.4. The Morgan fingerprint density at radius 3 is 2.32 bits per heavy atom. The van der Waals surface area contributed by atoms with Crippen molar-refractivity contribution in [3.05, 3.63) is 94.2 Å². The Bertz CT molecular complexity index is 2530. The van der Waals surface area contributed by atoms with Crippen molar-refractivity contribution in [2.45, 2.75) is 116 Å². The van der Waals surface area contributed by atoms with Crippen molar-refractivity contribution in [1.82, 2.24) is 4.90 Å². The van der Waals surface area contributed by atoms with E-state index >= 15 is 4.79 Å². The van der Waals surface area contributed by atoms with Gasteiger partial charge in [-0.1, -0.05) is 63.6 Å². The molecule has 2 spiro atoms. The fourth-order valence-electron chi connectivity index (χ4n) is 15.5. The van der Waals surface area contributed by atoms with Crippen LogP contribution in [0.5, 0.6) is 11.5 Å². The molecule has 4 bridgehead atoms. The molecule has 3 aromatic rings. The molecule has 12 heteroatoms. The molecule has 9 aliphatic carbocycles. The number of halogens is 4. The molecule has 6 fully saturated rings. The fraction of sp³-hybridized carbons (Fsp3) is 0.593. The number of ether oxygens (including phenoxy) is 2. The number of hydrogen-bond acceptors (Lipinski definition) is 7. The minimum Gasteiger partial charge on any atom is -0.493 e. The lowest BCUT2D eigenvalue weighted by molar-refractivity contribution is -0.180. The minimum atomic E-state index is -4.60. The third kappa shape index (κ3) is 6.58. The third-order valence-corrected chi connectivity index (χ3v) is 19.7. The first-order valence-corrected chi connectivity index (χ1v) is 24.4. The van der Waals surface area contributed by atoms with Crippen LogP contribution in [0.4, 0.5) is 13.2 Å². The van der Waals surface area contributed by atoms with Gasteiger partial charge in [0.15, 0.2) is 17.3 Å². The molecule has 1 unspecified atom stereocenters. The number of methoxy groups -OCH3 is 2. The van der Waals surface area contributed by atoms with Gasteiger partial charge in [-0.05, 0) is 153 Å². The van der Waals surface area contributed by atoms with E-state index in [0.29, 0.717) is 73.5 Å². The maximum atomic E-state index is 15.3. The van der Waals surface area contributed by atoms with Gasteiger partial charge in [0, 0.05) is 40.5 Å². The van der Waals surface area contributed by atoms with Gasteiger partial charge < -0.3 is 29.0 Å². The molecule has 1 heterocycles. The van der Waals surface area contributed by atoms with Crippen molar-refractivity contribution in [3.8, 4) is 22.8 Å². The second kappa shape index (κ2) is 15.5. The number of hydrogen-bond donors (Lipinski definition) is 2. The Hall–Kier alpha value is -4.06. The van der Waals surface area contributed by atoms with Gasteiger partial charge in [-0.3, -0.25) is 9.59 Å². The van der Waals surface area contributed by atoms with E-state index in [4.69, 9.17) is 25.5 Å². The number of furan rings is 1. The smallest absolute Gasteiger partial charge is 0.416 e. The first kappa shape index (κ1) is 45.7. The van der Waals surface area contributed by atoms with Crippen molar-refractivity contribution in [3.63, 3.8) is 0 Å². The largest absolute Gasteiger partial charge is 0.493 e. The van der Waals surface area contributed by atoms with Gasteiger partial charge in [0.1, 0.15) is 5.76 Å². The van der Waals surface area contributed by atoms with Gasteiger partial charge in [0.05, 0.1) is 42.9 Å². The van der Waals surface area contributed by atoms with E-state index in [9.17, 15) is 28.2 Å². The standard InChI is InChI=1S/C54H63ClF3NO7/c1-48(2)33-9-8-32(37(48)26-33)29-59(46(61)24-31-7-12-41(64-5)43(23-31)65-6)30-52(63)20-17-45-50(52,4)19-16-44-49(3)18-15-35(60)27-51(49)21-22-53(44,45)38(28-51)47(62)42-14-13-40(66-42)36-25-34(54(56,57)58)10-11-39(36)55/h7,10-14,21-23,25,28,32-33,35,37,44-45,60,63H,8-9,15-20,24,26-27,29-30H2,1-6H3/t32-,33-,35?,37-,44+,45+,49+,50-,51-,52+,53+/m0/s1. The molecule has 0 saturated heterocycles. The number of ketones is 1. The van der Waals surface area contributed by atoms with Gasteiger partial charge in [0.2, 0.25) is 11.7 Å². The highest BCUT2D eigenvalue weighted by atomic mass is 35.5. The first-order chi connectivity index (χ1) is 31.1. The van der Waals surface area contributed by atoms with Crippen molar-refractivity contribution < 1.29 is 46.9 Å². The SMILES string of the molecule is COc1ccc(CC(=O)N(C[C@@H]2CC[C@H]3C[C@@H]2C3(C)C)C[C@]2(O)CC[C@H]3[C@]45C=C[C@@]6(C=C4C(=O)c4ccc(-c7cc(C(F)(F)F)ccc7Cl)o4)CC(O)CC[C@]6(C)[C@H]5CC[C@@]32C)cc1OC. The number of benzene rings is 2. The fourth-order valence-corrected chi connectivity index (χ4v) is 15.7. The van der Waals surface area contributed by atoms with E-state index in [1.807, 2.05) is 23.1 Å². The molecule has 2 aromatic carbocycles. The minimum absolute atomic E-state index is 0.00182. The molecule has 66 heavy (non-hydrogen) atoms. The second-order valence-corrected chi connectivity index (χ2v) is 22.7. The van der Waals surface area contributed by atoms with Gasteiger partial charge in [-0.2, -0.15) is 13.2 Å². The molecular weight excluding hydrogens is 867 g/mol. The molecule has 1 amide bonds. The average molecular weight is 931 g/mol. The number of aliphatic hydroxyl groups excluding tert-OH is 1. The molecule has 354 valence electrons. The number of allylic oxidation sites excluding steroid dienone is 4. The Labute approximate surface area is 390 Å². The summed E-state index contributed by atoms with van der Waals surface area (Å²) in [6.07, 6.45) is 9.25. The molecule has 6 saturated carbocycles. The molecular formula is C54H63ClF3NO7. The maximum absolute atomic E-state index is 15.3. The lowest BCUT2D eigenvalue weighted by atomic mass is 9.32. The second-order valence-electron chi connectivity index (χ2n) is 22.3. The Morgan fingerprint density at radius 2 is 1.61 bits per heavy atom. The predicted octanol–water partition coefficient (Wildman–Crippen LogP) is 11.6. The van der Waals surface area contributed by atoms with Crippen LogP contribution in [0.2, 0.25) is 5.02 Å². The first-order valence-electron chi connectivity index (χ1n) is 24.0. The van der Waals surface area contributed by atoms with Crippen molar-refractivity contribution >= 4 is 23.3 Å². The average Bonchev–Trinajstić information content (AvgIpc) is 3.88. The number of carbonyl (C=O) groups is 2. The Kier molecular flexibility index (Phi) is 10.7. The number of nitrogens with zero attached hydrogens (tertiary/aromatic N) is 1. The van der Waals surface area contributed by atoms with Crippen molar-refractivity contribution in [2.75, 3.05) is 27.3 Å². The number of amides is 1. The summed E-state index contributed by atoms with van der Waals surface area (Å²) < 4.78 is 58.7. The Morgan fingerprint density at radius 1 is 0.879 bits per heavy atom. The van der Waals surface area contributed by atoms with Crippen LogP contribution in [-0.2, 0) is 17.4 Å². The molecule has 1 aromatic heterocycles. The molecule has 12 rings (SSSR count). The van der Waals surface area contributed by atoms with E-state index in [1.165, 1.54) is 24.6 Å². The normalized spacial score (nSPS) is 36.9. The van der Waals surface area contributed by atoms with Crippen molar-refractivity contribution in [2.24, 2.45) is 56.7 Å². The summed E-state index contributed by atoms with van der Waals surface area (Å²) in [6.45, 7) is 9.95. The van der Waals surface area contributed by atoms with Crippen LogP contribution in [0.3, 0.4) is 0 Å². The van der Waals surface area contributed by atoms with Crippen LogP contribution in [0.25, 0.3) is 11.3 Å². The summed E-state index contributed by atoms with van der Waals surface area (Å²) in [5.41, 5.74) is -3.00. The zero-order chi connectivity index (χ0) is 47.0. The highest BCUT2D eigenvalue weighted by molar-refractivity contribution is 6.33. The van der Waals surface area contributed by atoms with Crippen LogP contribution < -0.4 is 9.47 Å². The molecule has 0 aliphatic heterocycles. The summed E-state index contributed by atoms with van der Waals surface area (Å²) in [7, 11) is 3.16.